The highest BCUT2D eigenvalue weighted by atomic mass is 16.6. The predicted octanol–water partition coefficient (Wildman–Crippen LogP) is 2.85. The largest absolute Gasteiger partial charge is 0.274 e. The molecule has 0 unspecified atom stereocenters. The molecule has 1 saturated carbocycles. The van der Waals surface area contributed by atoms with E-state index < -0.39 is 10.3 Å². The van der Waals surface area contributed by atoms with Gasteiger partial charge < -0.3 is 0 Å². The third-order valence-corrected chi connectivity index (χ3v) is 3.29. The molecule has 1 aliphatic rings. The summed E-state index contributed by atoms with van der Waals surface area (Å²) in [6, 6.07) is 7.24. The van der Waals surface area contributed by atoms with Gasteiger partial charge in [-0.1, -0.05) is 11.6 Å². The summed E-state index contributed by atoms with van der Waals surface area (Å²) < 4.78 is 0. The molecule has 0 aromatic heterocycles. The van der Waals surface area contributed by atoms with Crippen LogP contribution in [0.25, 0.3) is 0 Å². The molecular weight excluding hydrogens is 204 g/mol. The van der Waals surface area contributed by atoms with Gasteiger partial charge in [-0.3, -0.25) is 10.1 Å². The van der Waals surface area contributed by atoms with Gasteiger partial charge in [-0.25, -0.2) is 0 Å². The van der Waals surface area contributed by atoms with Gasteiger partial charge in [0, 0.05) is 6.07 Å². The van der Waals surface area contributed by atoms with Crippen molar-refractivity contribution in [3.05, 3.63) is 39.4 Å². The highest BCUT2D eigenvalue weighted by Gasteiger charge is 2.43. The summed E-state index contributed by atoms with van der Waals surface area (Å²) >= 11 is 0. The lowest BCUT2D eigenvalue weighted by molar-refractivity contribution is -0.386. The SMILES string of the molecule is Cc1ccc([N+](=O)[O-])c(C2(C#N)CCC2)c1. The number of nitriles is 1. The molecule has 82 valence electrons. The van der Waals surface area contributed by atoms with Gasteiger partial charge in [0.2, 0.25) is 0 Å². The van der Waals surface area contributed by atoms with E-state index in [4.69, 9.17) is 0 Å². The summed E-state index contributed by atoms with van der Waals surface area (Å²) in [5.74, 6) is 0. The second-order valence-electron chi connectivity index (χ2n) is 4.33. The number of hydrogen-bond acceptors (Lipinski definition) is 3. The van der Waals surface area contributed by atoms with Crippen LogP contribution in [0.4, 0.5) is 5.69 Å². The summed E-state index contributed by atoms with van der Waals surface area (Å²) in [6.45, 7) is 1.89. The number of hydrogen-bond donors (Lipinski definition) is 0. The molecule has 0 spiro atoms. The van der Waals surface area contributed by atoms with Crippen molar-refractivity contribution in [2.75, 3.05) is 0 Å². The van der Waals surface area contributed by atoms with E-state index in [1.54, 1.807) is 12.1 Å². The quantitative estimate of drug-likeness (QED) is 0.563. The van der Waals surface area contributed by atoms with Crippen LogP contribution in [0.3, 0.4) is 0 Å². The first-order chi connectivity index (χ1) is 7.59. The fraction of sp³-hybridized carbons (Fsp3) is 0.417. The third kappa shape index (κ3) is 1.45. The van der Waals surface area contributed by atoms with Crippen LogP contribution in [0.5, 0.6) is 0 Å². The first kappa shape index (κ1) is 10.6. The molecule has 0 saturated heterocycles. The van der Waals surface area contributed by atoms with Crippen molar-refractivity contribution in [3.63, 3.8) is 0 Å². The predicted molar refractivity (Wildman–Crippen MR) is 59.0 cm³/mol. The summed E-state index contributed by atoms with van der Waals surface area (Å²) in [4.78, 5) is 10.5. The maximum absolute atomic E-state index is 10.9. The normalized spacial score (nSPS) is 17.2. The maximum atomic E-state index is 10.9. The summed E-state index contributed by atoms with van der Waals surface area (Å²) in [7, 11) is 0. The lowest BCUT2D eigenvalue weighted by Gasteiger charge is -2.35. The van der Waals surface area contributed by atoms with Crippen molar-refractivity contribution < 1.29 is 4.92 Å². The Labute approximate surface area is 93.7 Å². The summed E-state index contributed by atoms with van der Waals surface area (Å²) in [5, 5.41) is 20.1. The number of aryl methyl sites for hydroxylation is 1. The van der Waals surface area contributed by atoms with E-state index in [1.165, 1.54) is 6.07 Å². The average molecular weight is 216 g/mol. The Morgan fingerprint density at radius 3 is 2.62 bits per heavy atom. The average Bonchev–Trinajstić information content (AvgIpc) is 2.16. The standard InChI is InChI=1S/C12H12N2O2/c1-9-3-4-11(14(15)16)10(7-9)12(8-13)5-2-6-12/h3-4,7H,2,5-6H2,1H3. The lowest BCUT2D eigenvalue weighted by Crippen LogP contribution is -2.33. The summed E-state index contributed by atoms with van der Waals surface area (Å²) in [5.41, 5.74) is 1.01. The van der Waals surface area contributed by atoms with Crippen LogP contribution in [0.2, 0.25) is 0 Å². The van der Waals surface area contributed by atoms with E-state index in [2.05, 4.69) is 6.07 Å². The van der Waals surface area contributed by atoms with Crippen molar-refractivity contribution in [1.29, 1.82) is 5.26 Å². The maximum Gasteiger partial charge on any atom is 0.274 e. The zero-order valence-electron chi connectivity index (χ0n) is 9.06. The summed E-state index contributed by atoms with van der Waals surface area (Å²) in [6.07, 6.45) is 2.43. The fourth-order valence-corrected chi connectivity index (χ4v) is 2.16. The van der Waals surface area contributed by atoms with Gasteiger partial charge in [-0.15, -0.1) is 0 Å². The Balaban J connectivity index is 2.58. The van der Waals surface area contributed by atoms with Gasteiger partial charge >= 0.3 is 0 Å². The van der Waals surface area contributed by atoms with Crippen LogP contribution in [-0.4, -0.2) is 4.92 Å². The zero-order chi connectivity index (χ0) is 11.8. The van der Waals surface area contributed by atoms with E-state index in [0.717, 1.165) is 24.8 Å². The molecule has 16 heavy (non-hydrogen) atoms. The number of nitrogens with zero attached hydrogens (tertiary/aromatic N) is 2. The second kappa shape index (κ2) is 3.60. The molecule has 0 heterocycles. The molecule has 4 heteroatoms. The van der Waals surface area contributed by atoms with E-state index in [1.807, 2.05) is 6.92 Å². The monoisotopic (exact) mass is 216 g/mol. The molecular formula is C12H12N2O2. The fourth-order valence-electron chi connectivity index (χ4n) is 2.16. The molecule has 0 aliphatic heterocycles. The van der Waals surface area contributed by atoms with Crippen LogP contribution in [-0.2, 0) is 5.41 Å². The zero-order valence-corrected chi connectivity index (χ0v) is 9.06. The Morgan fingerprint density at radius 2 is 2.19 bits per heavy atom. The van der Waals surface area contributed by atoms with Crippen molar-refractivity contribution in [1.82, 2.24) is 0 Å². The van der Waals surface area contributed by atoms with Gasteiger partial charge in [0.15, 0.2) is 0 Å². The highest BCUT2D eigenvalue weighted by Crippen LogP contribution is 2.46. The van der Waals surface area contributed by atoms with E-state index in [-0.39, 0.29) is 5.69 Å². The molecule has 0 amide bonds. The van der Waals surface area contributed by atoms with Crippen LogP contribution in [0.15, 0.2) is 18.2 Å². The van der Waals surface area contributed by atoms with Crippen molar-refractivity contribution in [2.45, 2.75) is 31.6 Å². The van der Waals surface area contributed by atoms with Crippen molar-refractivity contribution in [3.8, 4) is 6.07 Å². The molecule has 1 aromatic carbocycles. The van der Waals surface area contributed by atoms with Gasteiger partial charge in [-0.2, -0.15) is 5.26 Å². The molecule has 0 N–H and O–H groups in total. The van der Waals surface area contributed by atoms with Crippen molar-refractivity contribution >= 4 is 5.69 Å². The number of nitro groups is 1. The van der Waals surface area contributed by atoms with Gasteiger partial charge in [-0.05, 0) is 32.3 Å². The minimum atomic E-state index is -0.617. The minimum Gasteiger partial charge on any atom is -0.258 e. The molecule has 0 radical (unpaired) electrons. The Bertz CT molecular complexity index is 484. The molecule has 4 nitrogen and oxygen atoms in total. The second-order valence-corrected chi connectivity index (χ2v) is 4.33. The first-order valence-corrected chi connectivity index (χ1v) is 5.26. The van der Waals surface area contributed by atoms with E-state index >= 15 is 0 Å². The number of benzene rings is 1. The van der Waals surface area contributed by atoms with E-state index in [0.29, 0.717) is 5.56 Å². The molecule has 0 bridgehead atoms. The molecule has 1 aromatic rings. The van der Waals surface area contributed by atoms with Gasteiger partial charge in [0.05, 0.1) is 22.0 Å². The smallest absolute Gasteiger partial charge is 0.258 e. The topological polar surface area (TPSA) is 66.9 Å². The van der Waals surface area contributed by atoms with Crippen LogP contribution < -0.4 is 0 Å². The first-order valence-electron chi connectivity index (χ1n) is 5.26. The van der Waals surface area contributed by atoms with E-state index in [9.17, 15) is 15.4 Å². The molecule has 0 atom stereocenters. The Kier molecular flexibility index (Phi) is 2.39. The van der Waals surface area contributed by atoms with Crippen LogP contribution >= 0.6 is 0 Å². The lowest BCUT2D eigenvalue weighted by atomic mass is 9.65. The number of nitro benzene ring substituents is 1. The molecule has 1 fully saturated rings. The Morgan fingerprint density at radius 1 is 1.50 bits per heavy atom. The van der Waals surface area contributed by atoms with Crippen LogP contribution in [0, 0.1) is 28.4 Å². The third-order valence-electron chi connectivity index (χ3n) is 3.29. The van der Waals surface area contributed by atoms with Gasteiger partial charge in [0.25, 0.3) is 5.69 Å². The van der Waals surface area contributed by atoms with Crippen molar-refractivity contribution in [2.24, 2.45) is 0 Å². The Hall–Kier alpha value is -1.89. The highest BCUT2D eigenvalue weighted by molar-refractivity contribution is 5.51. The molecule has 1 aliphatic carbocycles. The number of rotatable bonds is 2. The molecule has 2 rings (SSSR count). The van der Waals surface area contributed by atoms with Gasteiger partial charge in [0.1, 0.15) is 0 Å². The van der Waals surface area contributed by atoms with Crippen LogP contribution in [0.1, 0.15) is 30.4 Å². The minimum absolute atomic E-state index is 0.0758.